The van der Waals surface area contributed by atoms with Gasteiger partial charge in [0, 0.05) is 7.11 Å². The van der Waals surface area contributed by atoms with Crippen molar-refractivity contribution in [2.45, 2.75) is 37.9 Å². The van der Waals surface area contributed by atoms with Crippen LogP contribution in [0.5, 0.6) is 0 Å². The summed E-state index contributed by atoms with van der Waals surface area (Å²) in [4.78, 5) is 0. The number of ether oxygens (including phenoxy) is 1. The second-order valence-corrected chi connectivity index (χ2v) is 5.03. The number of methoxy groups -OCH3 is 1. The fourth-order valence-corrected chi connectivity index (χ4v) is 2.65. The first-order chi connectivity index (χ1) is 8.92. The number of fused-ring (bicyclic) bond motifs is 1. The highest BCUT2D eigenvalue weighted by Crippen LogP contribution is 2.42. The largest absolute Gasteiger partial charge is 0.418 e. The van der Waals surface area contributed by atoms with Gasteiger partial charge in [0.1, 0.15) is 0 Å². The molecular weight excluding hydrogens is 255 g/mol. The van der Waals surface area contributed by atoms with Crippen molar-refractivity contribution in [3.8, 4) is 0 Å². The lowest BCUT2D eigenvalue weighted by Crippen LogP contribution is -2.45. The number of anilines is 1. The summed E-state index contributed by atoms with van der Waals surface area (Å²) in [7, 11) is 1.57. The average molecular weight is 273 g/mol. The minimum absolute atomic E-state index is 0.222. The van der Waals surface area contributed by atoms with E-state index in [0.717, 1.165) is 24.5 Å². The Kier molecular flexibility index (Phi) is 3.76. The Labute approximate surface area is 111 Å². The van der Waals surface area contributed by atoms with E-state index in [1.54, 1.807) is 13.2 Å². The van der Waals surface area contributed by atoms with Crippen LogP contribution in [-0.2, 0) is 17.3 Å². The smallest absolute Gasteiger partial charge is 0.382 e. The van der Waals surface area contributed by atoms with Gasteiger partial charge >= 0.3 is 6.18 Å². The first-order valence-corrected chi connectivity index (χ1v) is 6.38. The summed E-state index contributed by atoms with van der Waals surface area (Å²) >= 11 is 0. The second kappa shape index (κ2) is 5.04. The number of benzene rings is 1. The van der Waals surface area contributed by atoms with Crippen LogP contribution < -0.4 is 5.32 Å². The number of nitrogens with one attached hydrogen (secondary N) is 1. The first-order valence-electron chi connectivity index (χ1n) is 6.38. The van der Waals surface area contributed by atoms with Crippen molar-refractivity contribution in [2.75, 3.05) is 19.0 Å². The first kappa shape index (κ1) is 14.2. The highest BCUT2D eigenvalue weighted by Gasteiger charge is 2.39. The van der Waals surface area contributed by atoms with Gasteiger partial charge in [0.15, 0.2) is 0 Å². The van der Waals surface area contributed by atoms with Gasteiger partial charge in [-0.1, -0.05) is 19.1 Å². The maximum atomic E-state index is 13.0. The van der Waals surface area contributed by atoms with Gasteiger partial charge in [-0.25, -0.2) is 0 Å². The molecule has 0 amide bonds. The molecule has 0 aliphatic carbocycles. The highest BCUT2D eigenvalue weighted by atomic mass is 19.4. The Balaban J connectivity index is 2.42. The molecule has 1 aliphatic heterocycles. The predicted octanol–water partition coefficient (Wildman–Crippen LogP) is 3.86. The molecule has 0 saturated carbocycles. The van der Waals surface area contributed by atoms with Crippen LogP contribution in [0.25, 0.3) is 0 Å². The van der Waals surface area contributed by atoms with Crippen molar-refractivity contribution in [1.29, 1.82) is 0 Å². The van der Waals surface area contributed by atoms with Gasteiger partial charge < -0.3 is 10.1 Å². The number of para-hydroxylation sites is 1. The molecule has 0 radical (unpaired) electrons. The number of halogens is 3. The predicted molar refractivity (Wildman–Crippen MR) is 68.3 cm³/mol. The molecule has 1 aromatic carbocycles. The molecule has 2 nitrogen and oxygen atoms in total. The zero-order chi connectivity index (χ0) is 14.1. The van der Waals surface area contributed by atoms with Gasteiger partial charge in [-0.15, -0.1) is 0 Å². The maximum absolute atomic E-state index is 13.0. The fraction of sp³-hybridized carbons (Fsp3) is 0.571. The molecule has 5 heteroatoms. The van der Waals surface area contributed by atoms with Gasteiger partial charge in [0.05, 0.1) is 23.4 Å². The SMILES string of the molecule is CCC1(COC)CCc2cccc(C(F)(F)F)c2N1. The number of aryl methyl sites for hydroxylation is 1. The summed E-state index contributed by atoms with van der Waals surface area (Å²) in [5.74, 6) is 0. The minimum atomic E-state index is -4.33. The Hall–Kier alpha value is -1.23. The fourth-order valence-electron chi connectivity index (χ4n) is 2.65. The van der Waals surface area contributed by atoms with Gasteiger partial charge in [-0.3, -0.25) is 0 Å². The summed E-state index contributed by atoms with van der Waals surface area (Å²) in [6.07, 6.45) is -2.18. The van der Waals surface area contributed by atoms with Crippen LogP contribution in [0.1, 0.15) is 30.9 Å². The summed E-state index contributed by atoms with van der Waals surface area (Å²) in [5.41, 5.74) is -0.0305. The molecular formula is C14H18F3NO. The van der Waals surface area contributed by atoms with E-state index in [4.69, 9.17) is 4.74 Å². The van der Waals surface area contributed by atoms with Crippen molar-refractivity contribution in [3.63, 3.8) is 0 Å². The molecule has 0 aromatic heterocycles. The zero-order valence-corrected chi connectivity index (χ0v) is 11.1. The lowest BCUT2D eigenvalue weighted by Gasteiger charge is -2.40. The van der Waals surface area contributed by atoms with E-state index in [9.17, 15) is 13.2 Å². The Bertz CT molecular complexity index is 458. The van der Waals surface area contributed by atoms with Crippen LogP contribution in [0, 0.1) is 0 Å². The molecule has 1 aliphatic rings. The topological polar surface area (TPSA) is 21.3 Å². The molecule has 0 fully saturated rings. The molecule has 1 heterocycles. The van der Waals surface area contributed by atoms with Crippen molar-refractivity contribution in [2.24, 2.45) is 0 Å². The van der Waals surface area contributed by atoms with Crippen LogP contribution in [0.4, 0.5) is 18.9 Å². The number of rotatable bonds is 3. The maximum Gasteiger partial charge on any atom is 0.418 e. The standard InChI is InChI=1S/C14H18F3NO/c1-3-13(9-19-2)8-7-10-5-4-6-11(12(10)18-13)14(15,16)17/h4-6,18H,3,7-9H2,1-2H3. The van der Waals surface area contributed by atoms with E-state index in [1.165, 1.54) is 6.07 Å². The average Bonchev–Trinajstić information content (AvgIpc) is 2.37. The summed E-state index contributed by atoms with van der Waals surface area (Å²) in [6.45, 7) is 2.38. The van der Waals surface area contributed by atoms with E-state index in [-0.39, 0.29) is 5.69 Å². The lowest BCUT2D eigenvalue weighted by molar-refractivity contribution is -0.137. The lowest BCUT2D eigenvalue weighted by atomic mass is 9.83. The Morgan fingerprint density at radius 1 is 1.37 bits per heavy atom. The summed E-state index contributed by atoms with van der Waals surface area (Å²) in [6, 6.07) is 4.35. The summed E-state index contributed by atoms with van der Waals surface area (Å²) < 4.78 is 44.3. The van der Waals surface area contributed by atoms with Crippen molar-refractivity contribution in [1.82, 2.24) is 0 Å². The molecule has 106 valence electrons. The quantitative estimate of drug-likeness (QED) is 0.903. The molecule has 1 unspecified atom stereocenters. The molecule has 0 saturated heterocycles. The van der Waals surface area contributed by atoms with Gasteiger partial charge in [-0.2, -0.15) is 13.2 Å². The minimum Gasteiger partial charge on any atom is -0.382 e. The van der Waals surface area contributed by atoms with E-state index in [2.05, 4.69) is 5.32 Å². The van der Waals surface area contributed by atoms with Crippen molar-refractivity contribution in [3.05, 3.63) is 29.3 Å². The van der Waals surface area contributed by atoms with Crippen molar-refractivity contribution >= 4 is 5.69 Å². The second-order valence-electron chi connectivity index (χ2n) is 5.03. The van der Waals surface area contributed by atoms with Gasteiger partial charge in [-0.05, 0) is 30.9 Å². The van der Waals surface area contributed by atoms with E-state index in [0.29, 0.717) is 13.0 Å². The van der Waals surface area contributed by atoms with Crippen LogP contribution in [0.3, 0.4) is 0 Å². The Morgan fingerprint density at radius 2 is 2.11 bits per heavy atom. The zero-order valence-electron chi connectivity index (χ0n) is 11.1. The van der Waals surface area contributed by atoms with Crippen LogP contribution in [0.2, 0.25) is 0 Å². The Morgan fingerprint density at radius 3 is 2.68 bits per heavy atom. The van der Waals surface area contributed by atoms with Crippen molar-refractivity contribution < 1.29 is 17.9 Å². The molecule has 0 bridgehead atoms. The van der Waals surface area contributed by atoms with E-state index >= 15 is 0 Å². The van der Waals surface area contributed by atoms with Crippen LogP contribution >= 0.6 is 0 Å². The third-order valence-electron chi connectivity index (χ3n) is 3.82. The molecule has 1 N–H and O–H groups in total. The monoisotopic (exact) mass is 273 g/mol. The molecule has 2 rings (SSSR count). The van der Waals surface area contributed by atoms with Gasteiger partial charge in [0.2, 0.25) is 0 Å². The third kappa shape index (κ3) is 2.71. The number of hydrogen-bond acceptors (Lipinski definition) is 2. The normalized spacial score (nSPS) is 22.8. The molecule has 1 atom stereocenters. The van der Waals surface area contributed by atoms with Crippen LogP contribution in [-0.4, -0.2) is 19.3 Å². The third-order valence-corrected chi connectivity index (χ3v) is 3.82. The highest BCUT2D eigenvalue weighted by molar-refractivity contribution is 5.62. The molecule has 1 aromatic rings. The summed E-state index contributed by atoms with van der Waals surface area (Å²) in [5, 5.41) is 3.09. The van der Waals surface area contributed by atoms with Gasteiger partial charge in [0.25, 0.3) is 0 Å². The number of hydrogen-bond donors (Lipinski definition) is 1. The molecule has 0 spiro atoms. The van der Waals surface area contributed by atoms with E-state index < -0.39 is 17.3 Å². The van der Waals surface area contributed by atoms with E-state index in [1.807, 2.05) is 6.92 Å². The molecule has 19 heavy (non-hydrogen) atoms. The van der Waals surface area contributed by atoms with Crippen LogP contribution in [0.15, 0.2) is 18.2 Å². The number of alkyl halides is 3.